The number of sulfonamides is 2. The molecule has 0 fully saturated rings. The Kier molecular flexibility index (Phi) is 4.49. The lowest BCUT2D eigenvalue weighted by atomic mass is 10.1. The Balaban J connectivity index is 3.57. The number of nitrogens with two attached hydrogens (primary N) is 1. The third kappa shape index (κ3) is 4.17. The number of rotatable bonds is 4. The first-order chi connectivity index (χ1) is 8.87. The fourth-order valence-electron chi connectivity index (χ4n) is 1.52. The smallest absolute Gasteiger partial charge is 0.242 e. The molecule has 1 rings (SSSR count). The Morgan fingerprint density at radius 1 is 1.10 bits per heavy atom. The summed E-state index contributed by atoms with van der Waals surface area (Å²) in [5, 5.41) is 5.05. The molecule has 0 bridgehead atoms. The van der Waals surface area contributed by atoms with E-state index in [0.29, 0.717) is 0 Å². The minimum atomic E-state index is -4.17. The second kappa shape index (κ2) is 5.32. The van der Waals surface area contributed by atoms with E-state index in [-0.39, 0.29) is 5.75 Å². The van der Waals surface area contributed by atoms with Gasteiger partial charge in [-0.15, -0.1) is 0 Å². The lowest BCUT2D eigenvalue weighted by molar-refractivity contribution is 0.412. The molecule has 0 aliphatic heterocycles. The molecule has 0 radical (unpaired) electrons. The van der Waals surface area contributed by atoms with Crippen molar-refractivity contribution in [2.75, 3.05) is 7.11 Å². The second-order valence-electron chi connectivity index (χ2n) is 5.21. The molecule has 0 aromatic heterocycles. The molecular formula is C11H18N2O5S2. The van der Waals surface area contributed by atoms with Gasteiger partial charge in [-0.3, -0.25) is 0 Å². The van der Waals surface area contributed by atoms with Gasteiger partial charge in [0.1, 0.15) is 15.5 Å². The predicted octanol–water partition coefficient (Wildman–Crippen LogP) is 0.419. The molecule has 0 unspecified atom stereocenters. The number of hydrogen-bond donors (Lipinski definition) is 2. The van der Waals surface area contributed by atoms with Gasteiger partial charge < -0.3 is 4.74 Å². The number of methoxy groups -OCH3 is 1. The second-order valence-corrected chi connectivity index (χ2v) is 8.39. The van der Waals surface area contributed by atoms with Gasteiger partial charge >= 0.3 is 0 Å². The Hall–Kier alpha value is -1.16. The summed E-state index contributed by atoms with van der Waals surface area (Å²) in [4.78, 5) is -0.913. The minimum absolute atomic E-state index is 0.215. The molecule has 0 spiro atoms. The molecule has 20 heavy (non-hydrogen) atoms. The summed E-state index contributed by atoms with van der Waals surface area (Å²) in [6.07, 6.45) is 0. The van der Waals surface area contributed by atoms with Crippen molar-refractivity contribution in [3.8, 4) is 5.75 Å². The minimum Gasteiger partial charge on any atom is -0.497 e. The number of benzene rings is 1. The fraction of sp³-hybridized carbons (Fsp3) is 0.455. The van der Waals surface area contributed by atoms with Crippen LogP contribution in [0.15, 0.2) is 28.0 Å². The summed E-state index contributed by atoms with van der Waals surface area (Å²) in [6.45, 7) is 4.92. The van der Waals surface area contributed by atoms with Crippen molar-refractivity contribution in [1.29, 1.82) is 0 Å². The summed E-state index contributed by atoms with van der Waals surface area (Å²) in [6, 6.07) is 3.55. The van der Waals surface area contributed by atoms with Crippen LogP contribution in [0.3, 0.4) is 0 Å². The Bertz CT molecular complexity index is 703. The summed E-state index contributed by atoms with van der Waals surface area (Å²) in [5.41, 5.74) is -0.766. The van der Waals surface area contributed by atoms with E-state index >= 15 is 0 Å². The van der Waals surface area contributed by atoms with Gasteiger partial charge in [0, 0.05) is 11.6 Å². The zero-order valence-corrected chi connectivity index (χ0v) is 13.3. The maximum atomic E-state index is 12.3. The largest absolute Gasteiger partial charge is 0.497 e. The number of nitrogens with one attached hydrogen (secondary N) is 1. The highest BCUT2D eigenvalue weighted by molar-refractivity contribution is 7.92. The third-order valence-corrected chi connectivity index (χ3v) is 5.08. The molecule has 0 heterocycles. The van der Waals surface area contributed by atoms with Crippen LogP contribution in [0.4, 0.5) is 0 Å². The summed E-state index contributed by atoms with van der Waals surface area (Å²) in [7, 11) is -6.88. The van der Waals surface area contributed by atoms with Gasteiger partial charge in [0.2, 0.25) is 20.0 Å². The van der Waals surface area contributed by atoms with Crippen LogP contribution in [0, 0.1) is 0 Å². The van der Waals surface area contributed by atoms with Crippen LogP contribution in [0.1, 0.15) is 20.8 Å². The van der Waals surface area contributed by atoms with Crippen molar-refractivity contribution in [3.63, 3.8) is 0 Å². The maximum absolute atomic E-state index is 12.3. The lowest BCUT2D eigenvalue weighted by Crippen LogP contribution is -2.41. The number of primary sulfonamides is 1. The van der Waals surface area contributed by atoms with Gasteiger partial charge in [0.05, 0.1) is 7.11 Å². The van der Waals surface area contributed by atoms with E-state index in [1.54, 1.807) is 20.8 Å². The lowest BCUT2D eigenvalue weighted by Gasteiger charge is -2.21. The van der Waals surface area contributed by atoms with Gasteiger partial charge in [-0.1, -0.05) is 0 Å². The van der Waals surface area contributed by atoms with Crippen molar-refractivity contribution in [2.45, 2.75) is 36.1 Å². The molecule has 0 aliphatic carbocycles. The van der Waals surface area contributed by atoms with E-state index in [9.17, 15) is 16.8 Å². The molecule has 1 aromatic carbocycles. The SMILES string of the molecule is COc1ccc(S(N)(=O)=O)c(S(=O)(=O)NC(C)(C)C)c1. The van der Waals surface area contributed by atoms with Crippen molar-refractivity contribution in [2.24, 2.45) is 5.14 Å². The van der Waals surface area contributed by atoms with Gasteiger partial charge in [-0.2, -0.15) is 0 Å². The van der Waals surface area contributed by atoms with E-state index in [1.165, 1.54) is 13.2 Å². The normalized spacial score (nSPS) is 13.2. The van der Waals surface area contributed by atoms with E-state index in [1.807, 2.05) is 0 Å². The van der Waals surface area contributed by atoms with Gasteiger partial charge in [-0.05, 0) is 32.9 Å². The number of ether oxygens (including phenoxy) is 1. The van der Waals surface area contributed by atoms with Crippen LogP contribution in [0.25, 0.3) is 0 Å². The first kappa shape index (κ1) is 16.9. The maximum Gasteiger partial charge on any atom is 0.242 e. The van der Waals surface area contributed by atoms with E-state index in [0.717, 1.165) is 12.1 Å². The highest BCUT2D eigenvalue weighted by Crippen LogP contribution is 2.26. The quantitative estimate of drug-likeness (QED) is 0.833. The molecule has 0 saturated carbocycles. The molecule has 0 amide bonds. The average molecular weight is 322 g/mol. The van der Waals surface area contributed by atoms with Crippen LogP contribution >= 0.6 is 0 Å². The summed E-state index contributed by atoms with van der Waals surface area (Å²) < 4.78 is 54.9. The van der Waals surface area contributed by atoms with Crippen LogP contribution in [-0.2, 0) is 20.0 Å². The van der Waals surface area contributed by atoms with Crippen molar-refractivity contribution in [3.05, 3.63) is 18.2 Å². The van der Waals surface area contributed by atoms with E-state index in [4.69, 9.17) is 9.88 Å². The molecular weight excluding hydrogens is 304 g/mol. The standard InChI is InChI=1S/C11H18N2O5S2/c1-11(2,3)13-20(16,17)10-7-8(18-4)5-6-9(10)19(12,14)15/h5-7,13H,1-4H3,(H2,12,14,15). The zero-order chi connectivity index (χ0) is 15.8. The number of hydrogen-bond acceptors (Lipinski definition) is 5. The van der Waals surface area contributed by atoms with Crippen LogP contribution < -0.4 is 14.6 Å². The monoisotopic (exact) mass is 322 g/mol. The van der Waals surface area contributed by atoms with Gasteiger partial charge in [-0.25, -0.2) is 26.7 Å². The first-order valence-corrected chi connectivity index (χ1v) is 8.64. The molecule has 114 valence electrons. The molecule has 0 saturated heterocycles. The molecule has 7 nitrogen and oxygen atoms in total. The van der Waals surface area contributed by atoms with Crippen LogP contribution in [0.5, 0.6) is 5.75 Å². The van der Waals surface area contributed by atoms with Crippen LogP contribution in [0.2, 0.25) is 0 Å². The molecule has 0 atom stereocenters. The highest BCUT2D eigenvalue weighted by Gasteiger charge is 2.28. The topological polar surface area (TPSA) is 116 Å². The molecule has 0 aliphatic rings. The molecule has 3 N–H and O–H groups in total. The third-order valence-electron chi connectivity index (χ3n) is 2.19. The Labute approximate surface area is 119 Å². The zero-order valence-electron chi connectivity index (χ0n) is 11.7. The van der Waals surface area contributed by atoms with Crippen molar-refractivity contribution < 1.29 is 21.6 Å². The van der Waals surface area contributed by atoms with Gasteiger partial charge in [0.25, 0.3) is 0 Å². The van der Waals surface area contributed by atoms with Crippen molar-refractivity contribution >= 4 is 20.0 Å². The summed E-state index contributed by atoms with van der Waals surface area (Å²) in [5.74, 6) is 0.215. The average Bonchev–Trinajstić information content (AvgIpc) is 2.23. The fourth-order valence-corrected chi connectivity index (χ4v) is 4.31. The van der Waals surface area contributed by atoms with Crippen LogP contribution in [-0.4, -0.2) is 29.5 Å². The molecule has 1 aromatic rings. The summed E-state index contributed by atoms with van der Waals surface area (Å²) >= 11 is 0. The highest BCUT2D eigenvalue weighted by atomic mass is 32.2. The molecule has 9 heteroatoms. The Morgan fingerprint density at radius 3 is 2.05 bits per heavy atom. The predicted molar refractivity (Wildman–Crippen MR) is 74.4 cm³/mol. The first-order valence-electron chi connectivity index (χ1n) is 5.62. The van der Waals surface area contributed by atoms with Gasteiger partial charge in [0.15, 0.2) is 0 Å². The Morgan fingerprint density at radius 2 is 1.65 bits per heavy atom. The van der Waals surface area contributed by atoms with Crippen molar-refractivity contribution in [1.82, 2.24) is 4.72 Å². The van der Waals surface area contributed by atoms with E-state index < -0.39 is 35.4 Å². The van der Waals surface area contributed by atoms with E-state index in [2.05, 4.69) is 4.72 Å².